The van der Waals surface area contributed by atoms with Crippen LogP contribution >= 0.6 is 0 Å². The molecule has 4 heteroatoms. The molecule has 1 aromatic heterocycles. The van der Waals surface area contributed by atoms with Crippen LogP contribution in [0.5, 0.6) is 0 Å². The molecular formula is C10H15FN2O. The van der Waals surface area contributed by atoms with Gasteiger partial charge in [-0.15, -0.1) is 0 Å². The lowest BCUT2D eigenvalue weighted by atomic mass is 10.4. The van der Waals surface area contributed by atoms with Crippen molar-refractivity contribution < 1.29 is 9.13 Å². The third-order valence-corrected chi connectivity index (χ3v) is 1.59. The Kier molecular flexibility index (Phi) is 4.32. The second-order valence-corrected chi connectivity index (χ2v) is 3.21. The van der Waals surface area contributed by atoms with Crippen molar-refractivity contribution in [3.63, 3.8) is 0 Å². The summed E-state index contributed by atoms with van der Waals surface area (Å²) in [5.41, 5.74) is 0. The Labute approximate surface area is 83.3 Å². The smallest absolute Gasteiger partial charge is 0.141 e. The summed E-state index contributed by atoms with van der Waals surface area (Å²) in [6, 6.07) is 2.98. The third-order valence-electron chi connectivity index (χ3n) is 1.59. The van der Waals surface area contributed by atoms with Gasteiger partial charge in [-0.05, 0) is 26.0 Å². The second-order valence-electron chi connectivity index (χ2n) is 3.21. The number of halogens is 1. The molecule has 0 spiro atoms. The minimum Gasteiger partial charge on any atom is -0.377 e. The van der Waals surface area contributed by atoms with E-state index in [-0.39, 0.29) is 11.9 Å². The second kappa shape index (κ2) is 5.54. The van der Waals surface area contributed by atoms with E-state index in [2.05, 4.69) is 10.3 Å². The van der Waals surface area contributed by atoms with Gasteiger partial charge < -0.3 is 10.1 Å². The Bertz CT molecular complexity index is 261. The molecule has 0 unspecified atom stereocenters. The topological polar surface area (TPSA) is 34.1 Å². The molecule has 0 amide bonds. The molecule has 1 aromatic rings. The number of hydrogen-bond acceptors (Lipinski definition) is 3. The number of aromatic nitrogens is 1. The van der Waals surface area contributed by atoms with Crippen molar-refractivity contribution in [2.24, 2.45) is 0 Å². The fraction of sp³-hybridized carbons (Fsp3) is 0.500. The first-order chi connectivity index (χ1) is 6.68. The van der Waals surface area contributed by atoms with E-state index in [4.69, 9.17) is 4.74 Å². The molecule has 0 saturated carbocycles. The Balaban J connectivity index is 2.21. The highest BCUT2D eigenvalue weighted by Gasteiger charge is 1.95. The predicted molar refractivity (Wildman–Crippen MR) is 53.8 cm³/mol. The van der Waals surface area contributed by atoms with Gasteiger partial charge in [0.15, 0.2) is 0 Å². The molecular weight excluding hydrogens is 183 g/mol. The van der Waals surface area contributed by atoms with E-state index in [0.29, 0.717) is 19.0 Å². The van der Waals surface area contributed by atoms with Gasteiger partial charge in [0.05, 0.1) is 18.9 Å². The van der Waals surface area contributed by atoms with Crippen LogP contribution in [0.1, 0.15) is 13.8 Å². The van der Waals surface area contributed by atoms with Crippen LogP contribution in [-0.4, -0.2) is 24.2 Å². The van der Waals surface area contributed by atoms with Crippen molar-refractivity contribution >= 4 is 5.82 Å². The monoisotopic (exact) mass is 198 g/mol. The summed E-state index contributed by atoms with van der Waals surface area (Å²) in [6.45, 7) is 5.26. The maximum atomic E-state index is 12.5. The van der Waals surface area contributed by atoms with Crippen LogP contribution in [-0.2, 0) is 4.74 Å². The van der Waals surface area contributed by atoms with Gasteiger partial charge in [0.1, 0.15) is 11.6 Å². The molecule has 0 fully saturated rings. The van der Waals surface area contributed by atoms with E-state index in [1.807, 2.05) is 13.8 Å². The lowest BCUT2D eigenvalue weighted by Gasteiger charge is -2.08. The maximum Gasteiger partial charge on any atom is 0.141 e. The Morgan fingerprint density at radius 1 is 1.50 bits per heavy atom. The molecule has 14 heavy (non-hydrogen) atoms. The van der Waals surface area contributed by atoms with Crippen LogP contribution in [0, 0.1) is 5.82 Å². The van der Waals surface area contributed by atoms with Crippen molar-refractivity contribution in [2.75, 3.05) is 18.5 Å². The number of anilines is 1. The molecule has 0 aliphatic carbocycles. The van der Waals surface area contributed by atoms with Gasteiger partial charge in [-0.25, -0.2) is 9.37 Å². The summed E-state index contributed by atoms with van der Waals surface area (Å²) in [7, 11) is 0. The molecule has 0 bridgehead atoms. The Hall–Kier alpha value is -1.16. The highest BCUT2D eigenvalue weighted by Crippen LogP contribution is 2.02. The average Bonchev–Trinajstić information content (AvgIpc) is 2.15. The zero-order chi connectivity index (χ0) is 10.4. The summed E-state index contributed by atoms with van der Waals surface area (Å²) < 4.78 is 17.8. The first-order valence-electron chi connectivity index (χ1n) is 4.65. The Morgan fingerprint density at radius 2 is 2.29 bits per heavy atom. The van der Waals surface area contributed by atoms with Gasteiger partial charge in [0, 0.05) is 6.54 Å². The highest BCUT2D eigenvalue weighted by molar-refractivity contribution is 5.33. The van der Waals surface area contributed by atoms with E-state index < -0.39 is 0 Å². The molecule has 0 radical (unpaired) electrons. The lowest BCUT2D eigenvalue weighted by Crippen LogP contribution is -2.13. The van der Waals surface area contributed by atoms with Gasteiger partial charge in [0.2, 0.25) is 0 Å². The van der Waals surface area contributed by atoms with Gasteiger partial charge in [-0.3, -0.25) is 0 Å². The van der Waals surface area contributed by atoms with Gasteiger partial charge in [0.25, 0.3) is 0 Å². The van der Waals surface area contributed by atoms with Crippen LogP contribution in [0.15, 0.2) is 18.3 Å². The molecule has 1 heterocycles. The van der Waals surface area contributed by atoms with Crippen molar-refractivity contribution in [3.8, 4) is 0 Å². The normalized spacial score (nSPS) is 10.6. The molecule has 0 aliphatic rings. The number of rotatable bonds is 5. The third kappa shape index (κ3) is 4.18. The molecule has 0 atom stereocenters. The van der Waals surface area contributed by atoms with Crippen molar-refractivity contribution in [1.29, 1.82) is 0 Å². The Morgan fingerprint density at radius 3 is 2.86 bits per heavy atom. The van der Waals surface area contributed by atoms with Crippen LogP contribution in [0.3, 0.4) is 0 Å². The van der Waals surface area contributed by atoms with Crippen LogP contribution in [0.4, 0.5) is 10.2 Å². The van der Waals surface area contributed by atoms with E-state index >= 15 is 0 Å². The fourth-order valence-electron chi connectivity index (χ4n) is 0.954. The largest absolute Gasteiger partial charge is 0.377 e. The zero-order valence-corrected chi connectivity index (χ0v) is 8.46. The summed E-state index contributed by atoms with van der Waals surface area (Å²) in [5.74, 6) is 0.340. The SMILES string of the molecule is CC(C)OCCNc1ccc(F)cn1. The quantitative estimate of drug-likeness (QED) is 0.735. The number of nitrogens with zero attached hydrogens (tertiary/aromatic N) is 1. The molecule has 0 aliphatic heterocycles. The summed E-state index contributed by atoms with van der Waals surface area (Å²) >= 11 is 0. The number of ether oxygens (including phenoxy) is 1. The number of hydrogen-bond donors (Lipinski definition) is 1. The fourth-order valence-corrected chi connectivity index (χ4v) is 0.954. The molecule has 3 nitrogen and oxygen atoms in total. The molecule has 0 aromatic carbocycles. The lowest BCUT2D eigenvalue weighted by molar-refractivity contribution is 0.0870. The maximum absolute atomic E-state index is 12.5. The standard InChI is InChI=1S/C10H15FN2O/c1-8(2)14-6-5-12-10-4-3-9(11)7-13-10/h3-4,7-8H,5-6H2,1-2H3,(H,12,13). The molecule has 1 N–H and O–H groups in total. The van der Waals surface area contributed by atoms with E-state index in [0.717, 1.165) is 0 Å². The predicted octanol–water partition coefficient (Wildman–Crippen LogP) is 2.06. The van der Waals surface area contributed by atoms with E-state index in [9.17, 15) is 4.39 Å². The van der Waals surface area contributed by atoms with E-state index in [1.54, 1.807) is 6.07 Å². The zero-order valence-electron chi connectivity index (χ0n) is 8.46. The van der Waals surface area contributed by atoms with Gasteiger partial charge >= 0.3 is 0 Å². The molecule has 1 rings (SSSR count). The van der Waals surface area contributed by atoms with E-state index in [1.165, 1.54) is 12.3 Å². The number of pyridine rings is 1. The summed E-state index contributed by atoms with van der Waals surface area (Å²) in [6.07, 6.45) is 1.42. The van der Waals surface area contributed by atoms with Crippen LogP contribution in [0.25, 0.3) is 0 Å². The number of nitrogens with one attached hydrogen (secondary N) is 1. The highest BCUT2D eigenvalue weighted by atomic mass is 19.1. The van der Waals surface area contributed by atoms with Crippen LogP contribution in [0.2, 0.25) is 0 Å². The van der Waals surface area contributed by atoms with Crippen molar-refractivity contribution in [3.05, 3.63) is 24.1 Å². The van der Waals surface area contributed by atoms with Crippen molar-refractivity contribution in [1.82, 2.24) is 4.98 Å². The summed E-state index contributed by atoms with van der Waals surface area (Å²) in [4.78, 5) is 3.85. The molecule has 0 saturated heterocycles. The summed E-state index contributed by atoms with van der Waals surface area (Å²) in [5, 5.41) is 3.02. The average molecular weight is 198 g/mol. The van der Waals surface area contributed by atoms with Gasteiger partial charge in [-0.1, -0.05) is 0 Å². The minimum absolute atomic E-state index is 0.234. The first kappa shape index (κ1) is 10.9. The van der Waals surface area contributed by atoms with Crippen LogP contribution < -0.4 is 5.32 Å². The first-order valence-corrected chi connectivity index (χ1v) is 4.65. The van der Waals surface area contributed by atoms with Gasteiger partial charge in [-0.2, -0.15) is 0 Å². The molecule has 78 valence electrons. The van der Waals surface area contributed by atoms with Crippen molar-refractivity contribution in [2.45, 2.75) is 20.0 Å². The minimum atomic E-state index is -0.325.